The number of nitrogens with zero attached hydrogens (tertiary/aromatic N) is 2. The molecule has 23 heavy (non-hydrogen) atoms. The van der Waals surface area contributed by atoms with Crippen molar-refractivity contribution in [1.29, 1.82) is 0 Å². The highest BCUT2D eigenvalue weighted by Crippen LogP contribution is 2.20. The Morgan fingerprint density at radius 3 is 3.09 bits per heavy atom. The molecule has 0 aliphatic carbocycles. The third kappa shape index (κ3) is 4.18. The topological polar surface area (TPSA) is 45.2 Å². The summed E-state index contributed by atoms with van der Waals surface area (Å²) in [6.07, 6.45) is 6.90. The van der Waals surface area contributed by atoms with Crippen molar-refractivity contribution < 1.29 is 4.79 Å². The highest BCUT2D eigenvalue weighted by molar-refractivity contribution is 7.10. The minimum absolute atomic E-state index is 0.0239. The standard InChI is InChI=1S/C18H23N3OS/c1-14-7-10-23-17(14)12-20-18(22)16-6-2-3-9-21(16)13-15-5-4-8-19-11-15/h4-5,7-8,10-11,16H,2-3,6,9,12-13H2,1H3,(H,20,22). The summed E-state index contributed by atoms with van der Waals surface area (Å²) >= 11 is 1.71. The van der Waals surface area contributed by atoms with Crippen molar-refractivity contribution in [2.75, 3.05) is 6.54 Å². The number of likely N-dealkylation sites (tertiary alicyclic amines) is 1. The predicted octanol–water partition coefficient (Wildman–Crippen LogP) is 3.12. The monoisotopic (exact) mass is 329 g/mol. The van der Waals surface area contributed by atoms with Crippen LogP contribution in [-0.2, 0) is 17.9 Å². The molecule has 0 aromatic carbocycles. The Morgan fingerprint density at radius 2 is 2.35 bits per heavy atom. The first-order valence-corrected chi connectivity index (χ1v) is 9.05. The van der Waals surface area contributed by atoms with E-state index in [0.717, 1.165) is 32.4 Å². The molecule has 1 aliphatic rings. The van der Waals surface area contributed by atoms with E-state index in [1.807, 2.05) is 12.3 Å². The summed E-state index contributed by atoms with van der Waals surface area (Å²) in [5, 5.41) is 5.20. The van der Waals surface area contributed by atoms with Crippen molar-refractivity contribution in [3.8, 4) is 0 Å². The van der Waals surface area contributed by atoms with Gasteiger partial charge in [-0.05, 0) is 54.9 Å². The lowest BCUT2D eigenvalue weighted by molar-refractivity contribution is -0.128. The third-order valence-electron chi connectivity index (χ3n) is 4.42. The van der Waals surface area contributed by atoms with E-state index in [-0.39, 0.29) is 11.9 Å². The van der Waals surface area contributed by atoms with E-state index < -0.39 is 0 Å². The van der Waals surface area contributed by atoms with E-state index >= 15 is 0 Å². The lowest BCUT2D eigenvalue weighted by Crippen LogP contribution is -2.48. The molecule has 5 heteroatoms. The quantitative estimate of drug-likeness (QED) is 0.917. The number of nitrogens with one attached hydrogen (secondary N) is 1. The van der Waals surface area contributed by atoms with Crippen LogP contribution in [0.1, 0.15) is 35.3 Å². The minimum Gasteiger partial charge on any atom is -0.350 e. The van der Waals surface area contributed by atoms with Gasteiger partial charge in [-0.15, -0.1) is 11.3 Å². The summed E-state index contributed by atoms with van der Waals surface area (Å²) in [6, 6.07) is 6.10. The molecular weight excluding hydrogens is 306 g/mol. The molecule has 2 aromatic heterocycles. The lowest BCUT2D eigenvalue weighted by Gasteiger charge is -2.34. The molecule has 3 rings (SSSR count). The fraction of sp³-hybridized carbons (Fsp3) is 0.444. The van der Waals surface area contributed by atoms with Gasteiger partial charge in [0, 0.05) is 23.8 Å². The number of aryl methyl sites for hydroxylation is 1. The van der Waals surface area contributed by atoms with Gasteiger partial charge in [0.05, 0.1) is 12.6 Å². The minimum atomic E-state index is -0.0239. The van der Waals surface area contributed by atoms with Gasteiger partial charge in [0.1, 0.15) is 0 Å². The summed E-state index contributed by atoms with van der Waals surface area (Å²) in [5.74, 6) is 0.154. The van der Waals surface area contributed by atoms with Gasteiger partial charge in [-0.1, -0.05) is 12.5 Å². The van der Waals surface area contributed by atoms with Crippen LogP contribution in [0.4, 0.5) is 0 Å². The number of carbonyl (C=O) groups is 1. The number of thiophene rings is 1. The van der Waals surface area contributed by atoms with Gasteiger partial charge in [-0.25, -0.2) is 0 Å². The van der Waals surface area contributed by atoms with Gasteiger partial charge >= 0.3 is 0 Å². The second kappa shape index (κ2) is 7.70. The third-order valence-corrected chi connectivity index (χ3v) is 5.44. The fourth-order valence-corrected chi connectivity index (χ4v) is 3.92. The number of pyridine rings is 1. The van der Waals surface area contributed by atoms with Crippen molar-refractivity contribution in [3.05, 3.63) is 52.0 Å². The number of aromatic nitrogens is 1. The maximum Gasteiger partial charge on any atom is 0.237 e. The largest absolute Gasteiger partial charge is 0.350 e. The molecule has 4 nitrogen and oxygen atoms in total. The van der Waals surface area contributed by atoms with Gasteiger partial charge in [0.15, 0.2) is 0 Å². The van der Waals surface area contributed by atoms with Gasteiger partial charge < -0.3 is 5.32 Å². The van der Waals surface area contributed by atoms with Crippen LogP contribution in [-0.4, -0.2) is 28.4 Å². The molecule has 2 aromatic rings. The molecule has 1 saturated heterocycles. The average molecular weight is 329 g/mol. The van der Waals surface area contributed by atoms with E-state index in [0.29, 0.717) is 6.54 Å². The number of amides is 1. The number of hydrogen-bond acceptors (Lipinski definition) is 4. The smallest absolute Gasteiger partial charge is 0.237 e. The number of hydrogen-bond donors (Lipinski definition) is 1. The van der Waals surface area contributed by atoms with Crippen molar-refractivity contribution >= 4 is 17.2 Å². The first kappa shape index (κ1) is 16.1. The molecule has 0 spiro atoms. The SMILES string of the molecule is Cc1ccsc1CNC(=O)C1CCCCN1Cc1cccnc1. The highest BCUT2D eigenvalue weighted by atomic mass is 32.1. The Labute approximate surface area is 141 Å². The van der Waals surface area contributed by atoms with E-state index in [2.05, 4.69) is 39.6 Å². The van der Waals surface area contributed by atoms with Gasteiger partial charge in [0.2, 0.25) is 5.91 Å². The summed E-state index contributed by atoms with van der Waals surface area (Å²) in [5.41, 5.74) is 2.42. The number of carbonyl (C=O) groups excluding carboxylic acids is 1. The second-order valence-electron chi connectivity index (χ2n) is 6.09. The van der Waals surface area contributed by atoms with Crippen LogP contribution in [0.25, 0.3) is 0 Å². The summed E-state index contributed by atoms with van der Waals surface area (Å²) < 4.78 is 0. The van der Waals surface area contributed by atoms with Crippen molar-refractivity contribution in [1.82, 2.24) is 15.2 Å². The molecule has 3 heterocycles. The van der Waals surface area contributed by atoms with Gasteiger partial charge in [0.25, 0.3) is 0 Å². The van der Waals surface area contributed by atoms with Gasteiger partial charge in [-0.3, -0.25) is 14.7 Å². The second-order valence-corrected chi connectivity index (χ2v) is 7.09. The zero-order chi connectivity index (χ0) is 16.1. The normalized spacial score (nSPS) is 18.7. The molecule has 1 aliphatic heterocycles. The average Bonchev–Trinajstić information content (AvgIpc) is 2.99. The first-order valence-electron chi connectivity index (χ1n) is 8.17. The summed E-state index contributed by atoms with van der Waals surface area (Å²) in [4.78, 5) is 20.3. The van der Waals surface area contributed by atoms with Crippen LogP contribution in [0.2, 0.25) is 0 Å². The van der Waals surface area contributed by atoms with E-state index in [1.54, 1.807) is 17.5 Å². The van der Waals surface area contributed by atoms with Crippen molar-refractivity contribution in [3.63, 3.8) is 0 Å². The Morgan fingerprint density at radius 1 is 1.43 bits per heavy atom. The molecule has 1 atom stereocenters. The van der Waals surface area contributed by atoms with Crippen molar-refractivity contribution in [2.45, 2.75) is 45.3 Å². The van der Waals surface area contributed by atoms with Gasteiger partial charge in [-0.2, -0.15) is 0 Å². The zero-order valence-electron chi connectivity index (χ0n) is 13.5. The number of rotatable bonds is 5. The Balaban J connectivity index is 1.61. The maximum atomic E-state index is 12.6. The molecule has 1 amide bonds. The summed E-state index contributed by atoms with van der Waals surface area (Å²) in [7, 11) is 0. The first-order chi connectivity index (χ1) is 11.2. The highest BCUT2D eigenvalue weighted by Gasteiger charge is 2.28. The zero-order valence-corrected chi connectivity index (χ0v) is 14.3. The van der Waals surface area contributed by atoms with Crippen LogP contribution >= 0.6 is 11.3 Å². The molecule has 0 saturated carbocycles. The van der Waals surface area contributed by atoms with Crippen LogP contribution in [0.15, 0.2) is 36.0 Å². The molecule has 122 valence electrons. The maximum absolute atomic E-state index is 12.6. The van der Waals surface area contributed by atoms with Crippen LogP contribution in [0, 0.1) is 6.92 Å². The Hall–Kier alpha value is -1.72. The fourth-order valence-electron chi connectivity index (χ4n) is 3.07. The Bertz CT molecular complexity index is 641. The number of piperidine rings is 1. The molecular formula is C18H23N3OS. The van der Waals surface area contributed by atoms with Crippen molar-refractivity contribution in [2.24, 2.45) is 0 Å². The lowest BCUT2D eigenvalue weighted by atomic mass is 10.0. The summed E-state index contributed by atoms with van der Waals surface area (Å²) in [6.45, 7) is 4.50. The van der Waals surface area contributed by atoms with Crippen LogP contribution in [0.3, 0.4) is 0 Å². The Kier molecular flexibility index (Phi) is 5.41. The molecule has 0 radical (unpaired) electrons. The molecule has 1 unspecified atom stereocenters. The molecule has 1 fully saturated rings. The van der Waals surface area contributed by atoms with Crippen LogP contribution in [0.5, 0.6) is 0 Å². The molecule has 0 bridgehead atoms. The predicted molar refractivity (Wildman–Crippen MR) is 93.2 cm³/mol. The van der Waals surface area contributed by atoms with Crippen LogP contribution < -0.4 is 5.32 Å². The molecule has 1 N–H and O–H groups in total. The van der Waals surface area contributed by atoms with E-state index in [1.165, 1.54) is 16.0 Å². The van der Waals surface area contributed by atoms with E-state index in [9.17, 15) is 4.79 Å². The van der Waals surface area contributed by atoms with E-state index in [4.69, 9.17) is 0 Å².